The molecular formula is C12H14NOS+. The molecule has 2 rings (SSSR count). The molecule has 3 heteroatoms. The lowest BCUT2D eigenvalue weighted by molar-refractivity contribution is -0.704. The maximum atomic E-state index is 9.92. The summed E-state index contributed by atoms with van der Waals surface area (Å²) in [4.78, 5) is 1.02. The Hall–Kier alpha value is -1.19. The summed E-state index contributed by atoms with van der Waals surface area (Å²) in [5.41, 5.74) is 1.23. The van der Waals surface area contributed by atoms with E-state index in [2.05, 4.69) is 6.92 Å². The highest BCUT2D eigenvalue weighted by Crippen LogP contribution is 2.18. The van der Waals surface area contributed by atoms with E-state index in [4.69, 9.17) is 0 Å². The summed E-state index contributed by atoms with van der Waals surface area (Å²) in [7, 11) is 0. The molecule has 0 saturated heterocycles. The molecule has 0 aliphatic rings. The molecule has 1 N–H and O–H groups in total. The van der Waals surface area contributed by atoms with Crippen LogP contribution in [0, 0.1) is 6.92 Å². The van der Waals surface area contributed by atoms with Crippen LogP contribution in [0.25, 0.3) is 0 Å². The average molecular weight is 220 g/mol. The molecule has 2 heterocycles. The molecular weight excluding hydrogens is 206 g/mol. The zero-order valence-electron chi connectivity index (χ0n) is 8.63. The van der Waals surface area contributed by atoms with Crippen molar-refractivity contribution in [1.29, 1.82) is 0 Å². The van der Waals surface area contributed by atoms with Gasteiger partial charge >= 0.3 is 0 Å². The first-order valence-corrected chi connectivity index (χ1v) is 5.81. The predicted molar refractivity (Wildman–Crippen MR) is 60.7 cm³/mol. The van der Waals surface area contributed by atoms with Gasteiger partial charge in [0, 0.05) is 17.0 Å². The van der Waals surface area contributed by atoms with E-state index in [-0.39, 0.29) is 0 Å². The van der Waals surface area contributed by atoms with Crippen LogP contribution in [0.5, 0.6) is 0 Å². The van der Waals surface area contributed by atoms with Gasteiger partial charge < -0.3 is 5.11 Å². The van der Waals surface area contributed by atoms with Gasteiger partial charge in [0.05, 0.1) is 0 Å². The van der Waals surface area contributed by atoms with Crippen LogP contribution in [0.4, 0.5) is 0 Å². The zero-order chi connectivity index (χ0) is 10.7. The first kappa shape index (κ1) is 10.3. The molecule has 0 fully saturated rings. The number of thiophene rings is 1. The van der Waals surface area contributed by atoms with Crippen molar-refractivity contribution >= 4 is 11.3 Å². The Kier molecular flexibility index (Phi) is 3.14. The van der Waals surface area contributed by atoms with E-state index in [0.29, 0.717) is 6.54 Å². The molecule has 1 unspecified atom stereocenters. The molecule has 0 amide bonds. The van der Waals surface area contributed by atoms with Crippen molar-refractivity contribution in [3.63, 3.8) is 0 Å². The van der Waals surface area contributed by atoms with Gasteiger partial charge in [-0.3, -0.25) is 0 Å². The first-order chi connectivity index (χ1) is 7.25. The molecule has 0 bridgehead atoms. The van der Waals surface area contributed by atoms with E-state index >= 15 is 0 Å². The Balaban J connectivity index is 2.06. The molecule has 0 radical (unpaired) electrons. The maximum Gasteiger partial charge on any atom is 0.179 e. The molecule has 0 spiro atoms. The summed E-state index contributed by atoms with van der Waals surface area (Å²) < 4.78 is 2.00. The molecule has 0 saturated carbocycles. The quantitative estimate of drug-likeness (QED) is 0.787. The van der Waals surface area contributed by atoms with Gasteiger partial charge in [-0.25, -0.2) is 4.57 Å². The van der Waals surface area contributed by atoms with Gasteiger partial charge in [-0.1, -0.05) is 6.07 Å². The SMILES string of the molecule is Cc1cc[n+](CC(O)c2cccs2)cc1. The van der Waals surface area contributed by atoms with Crippen LogP contribution in [0.15, 0.2) is 42.0 Å². The number of pyridine rings is 1. The van der Waals surface area contributed by atoms with E-state index in [0.717, 1.165) is 4.88 Å². The molecule has 2 nitrogen and oxygen atoms in total. The lowest BCUT2D eigenvalue weighted by Gasteiger charge is -2.04. The Labute approximate surface area is 93.4 Å². The van der Waals surface area contributed by atoms with Gasteiger partial charge in [0.1, 0.15) is 6.10 Å². The minimum atomic E-state index is -0.405. The van der Waals surface area contributed by atoms with Crippen molar-refractivity contribution in [2.45, 2.75) is 19.6 Å². The van der Waals surface area contributed by atoms with Crippen molar-refractivity contribution < 1.29 is 9.67 Å². The van der Waals surface area contributed by atoms with Crippen LogP contribution in [0.3, 0.4) is 0 Å². The second-order valence-corrected chi connectivity index (χ2v) is 4.58. The molecule has 78 valence electrons. The highest BCUT2D eigenvalue weighted by molar-refractivity contribution is 7.10. The minimum absolute atomic E-state index is 0.405. The third-order valence-electron chi connectivity index (χ3n) is 2.31. The van der Waals surface area contributed by atoms with Crippen molar-refractivity contribution in [1.82, 2.24) is 0 Å². The minimum Gasteiger partial charge on any atom is -0.381 e. The Morgan fingerprint density at radius 2 is 2.07 bits per heavy atom. The summed E-state index contributed by atoms with van der Waals surface area (Å²) in [6, 6.07) is 8.01. The fourth-order valence-corrected chi connectivity index (χ4v) is 2.13. The summed E-state index contributed by atoms with van der Waals surface area (Å²) in [5, 5.41) is 11.9. The van der Waals surface area contributed by atoms with Crippen LogP contribution in [0.2, 0.25) is 0 Å². The Bertz CT molecular complexity index is 408. The largest absolute Gasteiger partial charge is 0.381 e. The Morgan fingerprint density at radius 1 is 1.33 bits per heavy atom. The van der Waals surface area contributed by atoms with Gasteiger partial charge in [-0.15, -0.1) is 11.3 Å². The lowest BCUT2D eigenvalue weighted by Crippen LogP contribution is -2.35. The monoisotopic (exact) mass is 220 g/mol. The van der Waals surface area contributed by atoms with E-state index in [9.17, 15) is 5.11 Å². The van der Waals surface area contributed by atoms with Crippen LogP contribution >= 0.6 is 11.3 Å². The molecule has 2 aromatic heterocycles. The number of aryl methyl sites for hydroxylation is 1. The molecule has 0 aliphatic heterocycles. The topological polar surface area (TPSA) is 24.1 Å². The van der Waals surface area contributed by atoms with E-state index in [1.807, 2.05) is 46.6 Å². The summed E-state index contributed by atoms with van der Waals surface area (Å²) in [6.45, 7) is 2.67. The zero-order valence-corrected chi connectivity index (χ0v) is 9.45. The van der Waals surface area contributed by atoms with Gasteiger partial charge in [0.2, 0.25) is 0 Å². The third kappa shape index (κ3) is 2.64. The number of hydrogen-bond acceptors (Lipinski definition) is 2. The average Bonchev–Trinajstić information content (AvgIpc) is 2.74. The lowest BCUT2D eigenvalue weighted by atomic mass is 10.2. The van der Waals surface area contributed by atoms with E-state index in [1.165, 1.54) is 5.56 Å². The number of aromatic nitrogens is 1. The smallest absolute Gasteiger partial charge is 0.179 e. The fourth-order valence-electron chi connectivity index (χ4n) is 1.42. The second-order valence-electron chi connectivity index (χ2n) is 3.60. The highest BCUT2D eigenvalue weighted by Gasteiger charge is 2.13. The normalized spacial score (nSPS) is 12.7. The molecule has 15 heavy (non-hydrogen) atoms. The van der Waals surface area contributed by atoms with Gasteiger partial charge in [0.25, 0.3) is 0 Å². The molecule has 0 aliphatic carbocycles. The predicted octanol–water partition coefficient (Wildman–Crippen LogP) is 2.08. The molecule has 0 aromatic carbocycles. The number of aliphatic hydroxyl groups is 1. The van der Waals surface area contributed by atoms with Gasteiger partial charge in [-0.05, 0) is 23.9 Å². The van der Waals surface area contributed by atoms with Crippen molar-refractivity contribution in [3.8, 4) is 0 Å². The fraction of sp³-hybridized carbons (Fsp3) is 0.250. The second kappa shape index (κ2) is 4.55. The number of rotatable bonds is 3. The van der Waals surface area contributed by atoms with E-state index in [1.54, 1.807) is 11.3 Å². The van der Waals surface area contributed by atoms with Crippen LogP contribution in [-0.4, -0.2) is 5.11 Å². The number of aliphatic hydroxyl groups excluding tert-OH is 1. The maximum absolute atomic E-state index is 9.92. The standard InChI is InChI=1S/C12H14NOS/c1-10-4-6-13(7-5-10)9-11(14)12-3-2-8-15-12/h2-8,11,14H,9H2,1H3/q+1. The number of nitrogens with zero attached hydrogens (tertiary/aromatic N) is 1. The number of hydrogen-bond donors (Lipinski definition) is 1. The van der Waals surface area contributed by atoms with E-state index < -0.39 is 6.10 Å². The van der Waals surface area contributed by atoms with Crippen molar-refractivity contribution in [2.75, 3.05) is 0 Å². The molecule has 1 atom stereocenters. The molecule has 2 aromatic rings. The van der Waals surface area contributed by atoms with Crippen LogP contribution in [-0.2, 0) is 6.54 Å². The first-order valence-electron chi connectivity index (χ1n) is 4.93. The van der Waals surface area contributed by atoms with Crippen LogP contribution < -0.4 is 4.57 Å². The van der Waals surface area contributed by atoms with Crippen LogP contribution in [0.1, 0.15) is 16.5 Å². The third-order valence-corrected chi connectivity index (χ3v) is 3.29. The highest BCUT2D eigenvalue weighted by atomic mass is 32.1. The summed E-state index contributed by atoms with van der Waals surface area (Å²) in [5.74, 6) is 0. The Morgan fingerprint density at radius 3 is 2.67 bits per heavy atom. The summed E-state index contributed by atoms with van der Waals surface area (Å²) >= 11 is 1.59. The van der Waals surface area contributed by atoms with Gasteiger partial charge in [0.15, 0.2) is 18.9 Å². The van der Waals surface area contributed by atoms with Crippen molar-refractivity contribution in [3.05, 3.63) is 52.5 Å². The van der Waals surface area contributed by atoms with Crippen molar-refractivity contribution in [2.24, 2.45) is 0 Å². The van der Waals surface area contributed by atoms with Gasteiger partial charge in [-0.2, -0.15) is 0 Å². The summed E-state index contributed by atoms with van der Waals surface area (Å²) in [6.07, 6.45) is 3.58.